The number of hydrogen-bond donors (Lipinski definition) is 0. The molecule has 0 radical (unpaired) electrons. The molecule has 11 heteroatoms. The van der Waals surface area contributed by atoms with Crippen LogP contribution in [0.15, 0.2) is 95.0 Å². The Kier molecular flexibility index (Phi) is 7.16. The fraction of sp³-hybridized carbons (Fsp3) is 0.242. The molecular weight excluding hydrogens is 578 g/mol. The third-order valence-corrected chi connectivity index (χ3v) is 9.77. The summed E-state index contributed by atoms with van der Waals surface area (Å²) < 4.78 is 43.1. The molecule has 0 amide bonds. The first-order valence-electron chi connectivity index (χ1n) is 14.5. The molecular formula is C33H31N5O5S. The normalized spacial score (nSPS) is 15.7. The number of aromatic nitrogens is 5. The molecule has 1 saturated heterocycles. The van der Waals surface area contributed by atoms with Crippen molar-refractivity contribution >= 4 is 32.2 Å². The lowest BCUT2D eigenvalue weighted by Gasteiger charge is -2.23. The Bertz CT molecular complexity index is 2160. The number of ether oxygens (including phenoxy) is 2. The zero-order valence-corrected chi connectivity index (χ0v) is 25.2. The summed E-state index contributed by atoms with van der Waals surface area (Å²) in [5.74, 6) is 0. The van der Waals surface area contributed by atoms with Crippen molar-refractivity contribution in [1.29, 1.82) is 0 Å². The average molecular weight is 610 g/mol. The van der Waals surface area contributed by atoms with E-state index < -0.39 is 10.0 Å². The van der Waals surface area contributed by atoms with E-state index in [1.54, 1.807) is 58.1 Å². The van der Waals surface area contributed by atoms with Crippen LogP contribution in [0.3, 0.4) is 0 Å². The lowest BCUT2D eigenvalue weighted by Crippen LogP contribution is -2.35. The van der Waals surface area contributed by atoms with E-state index in [9.17, 15) is 13.2 Å². The van der Waals surface area contributed by atoms with Crippen molar-refractivity contribution in [2.45, 2.75) is 37.8 Å². The Morgan fingerprint density at radius 3 is 2.45 bits per heavy atom. The zero-order valence-electron chi connectivity index (χ0n) is 24.4. The number of benzene rings is 2. The Morgan fingerprint density at radius 2 is 1.73 bits per heavy atom. The Hall–Kier alpha value is -4.58. The standard InChI is InChI=1S/C33H31N5O5S/c1-3-27-28-13-14-37(44(40,41)26-11-9-22(2)10-12-26)31(28)35-19-29(27)23-17-30-32(34-18-23)38(24-7-5-4-6-8-24)33(39)36(30)20-25-21-42-15-16-43-25/h4-14,17-19,25H,3,15-16,20-21H2,1-2H3/t25-/m0/s1. The molecule has 7 rings (SSSR count). The molecule has 224 valence electrons. The maximum Gasteiger partial charge on any atom is 0.335 e. The van der Waals surface area contributed by atoms with Gasteiger partial charge in [-0.05, 0) is 55.3 Å². The Balaban J connectivity index is 1.37. The van der Waals surface area contributed by atoms with Crippen LogP contribution in [0.25, 0.3) is 39.0 Å². The number of nitrogens with zero attached hydrogens (tertiary/aromatic N) is 5. The highest BCUT2D eigenvalue weighted by molar-refractivity contribution is 7.90. The smallest absolute Gasteiger partial charge is 0.335 e. The highest BCUT2D eigenvalue weighted by atomic mass is 32.2. The van der Waals surface area contributed by atoms with E-state index in [0.29, 0.717) is 49.6 Å². The number of rotatable bonds is 7. The molecule has 0 saturated carbocycles. The van der Waals surface area contributed by atoms with Crippen LogP contribution in [-0.2, 0) is 32.5 Å². The molecule has 1 fully saturated rings. The summed E-state index contributed by atoms with van der Waals surface area (Å²) in [5, 5.41) is 0.743. The monoisotopic (exact) mass is 609 g/mol. The fourth-order valence-electron chi connectivity index (χ4n) is 5.87. The van der Waals surface area contributed by atoms with E-state index in [0.717, 1.165) is 33.3 Å². The molecule has 4 aromatic heterocycles. The van der Waals surface area contributed by atoms with E-state index in [1.807, 2.05) is 50.2 Å². The van der Waals surface area contributed by atoms with Crippen molar-refractivity contribution < 1.29 is 17.9 Å². The van der Waals surface area contributed by atoms with Crippen molar-refractivity contribution in [3.05, 3.63) is 107 Å². The SMILES string of the molecule is CCc1c(-c2cnc3c(c2)n(C[C@H]2COCCO2)c(=O)n3-c2ccccc2)cnc2c1ccn2S(=O)(=O)c1ccc(C)cc1. The first kappa shape index (κ1) is 28.2. The molecule has 5 heterocycles. The molecule has 0 aliphatic carbocycles. The van der Waals surface area contributed by atoms with Gasteiger partial charge >= 0.3 is 5.69 Å². The van der Waals surface area contributed by atoms with E-state index in [-0.39, 0.29) is 16.7 Å². The first-order valence-corrected chi connectivity index (χ1v) is 16.0. The maximum atomic E-state index is 13.9. The summed E-state index contributed by atoms with van der Waals surface area (Å²) in [6, 6.07) is 20.0. The molecule has 2 aromatic carbocycles. The molecule has 1 aliphatic heterocycles. The zero-order chi connectivity index (χ0) is 30.4. The summed E-state index contributed by atoms with van der Waals surface area (Å²) in [6.45, 7) is 5.67. The molecule has 44 heavy (non-hydrogen) atoms. The van der Waals surface area contributed by atoms with E-state index in [4.69, 9.17) is 14.5 Å². The summed E-state index contributed by atoms with van der Waals surface area (Å²) in [6.07, 6.45) is 5.36. The molecule has 6 aromatic rings. The van der Waals surface area contributed by atoms with Crippen molar-refractivity contribution in [2.24, 2.45) is 0 Å². The quantitative estimate of drug-likeness (QED) is 0.257. The van der Waals surface area contributed by atoms with Crippen LogP contribution in [0.5, 0.6) is 0 Å². The molecule has 10 nitrogen and oxygen atoms in total. The van der Waals surface area contributed by atoms with Gasteiger partial charge in [0, 0.05) is 35.1 Å². The van der Waals surface area contributed by atoms with Crippen LogP contribution in [0, 0.1) is 6.92 Å². The van der Waals surface area contributed by atoms with Gasteiger partial charge in [-0.25, -0.2) is 31.7 Å². The largest absolute Gasteiger partial charge is 0.376 e. The van der Waals surface area contributed by atoms with Gasteiger partial charge in [-0.15, -0.1) is 0 Å². The van der Waals surface area contributed by atoms with Gasteiger partial charge in [0.2, 0.25) is 0 Å². The number of fused-ring (bicyclic) bond motifs is 2. The van der Waals surface area contributed by atoms with Crippen molar-refractivity contribution in [2.75, 3.05) is 19.8 Å². The van der Waals surface area contributed by atoms with Gasteiger partial charge in [-0.1, -0.05) is 42.8 Å². The highest BCUT2D eigenvalue weighted by Gasteiger charge is 2.24. The highest BCUT2D eigenvalue weighted by Crippen LogP contribution is 2.33. The molecule has 0 N–H and O–H groups in total. The van der Waals surface area contributed by atoms with Crippen LogP contribution < -0.4 is 5.69 Å². The summed E-state index contributed by atoms with van der Waals surface area (Å²) in [5.41, 5.74) is 5.57. The lowest BCUT2D eigenvalue weighted by molar-refractivity contribution is -0.0935. The maximum absolute atomic E-state index is 13.9. The molecule has 1 aliphatic rings. The predicted octanol–water partition coefficient (Wildman–Crippen LogP) is 4.73. The Morgan fingerprint density at radius 1 is 0.955 bits per heavy atom. The topological polar surface area (TPSA) is 110 Å². The molecule has 0 bridgehead atoms. The van der Waals surface area contributed by atoms with Gasteiger partial charge in [0.15, 0.2) is 11.3 Å². The van der Waals surface area contributed by atoms with Crippen molar-refractivity contribution in [1.82, 2.24) is 23.1 Å². The predicted molar refractivity (Wildman–Crippen MR) is 168 cm³/mol. The van der Waals surface area contributed by atoms with Crippen LogP contribution in [0.2, 0.25) is 0 Å². The van der Waals surface area contributed by atoms with Gasteiger partial charge < -0.3 is 9.47 Å². The molecule has 1 atom stereocenters. The van der Waals surface area contributed by atoms with Crippen molar-refractivity contribution in [3.8, 4) is 16.8 Å². The van der Waals surface area contributed by atoms with E-state index >= 15 is 0 Å². The van der Waals surface area contributed by atoms with Gasteiger partial charge in [0.25, 0.3) is 10.0 Å². The summed E-state index contributed by atoms with van der Waals surface area (Å²) in [4.78, 5) is 23.5. The van der Waals surface area contributed by atoms with Crippen molar-refractivity contribution in [3.63, 3.8) is 0 Å². The van der Waals surface area contributed by atoms with Crippen LogP contribution in [-0.4, -0.2) is 57.4 Å². The van der Waals surface area contributed by atoms with Crippen LogP contribution in [0.1, 0.15) is 18.1 Å². The minimum Gasteiger partial charge on any atom is -0.376 e. The van der Waals surface area contributed by atoms with Crippen LogP contribution >= 0.6 is 0 Å². The number of para-hydroxylation sites is 1. The second kappa shape index (κ2) is 11.2. The number of aryl methyl sites for hydroxylation is 2. The second-order valence-electron chi connectivity index (χ2n) is 10.9. The molecule has 0 spiro atoms. The van der Waals surface area contributed by atoms with E-state index in [2.05, 4.69) is 4.98 Å². The third-order valence-electron chi connectivity index (χ3n) is 8.09. The van der Waals surface area contributed by atoms with Gasteiger partial charge in [-0.2, -0.15) is 0 Å². The number of imidazole rings is 1. The first-order chi connectivity index (χ1) is 21.4. The third kappa shape index (κ3) is 4.73. The van der Waals surface area contributed by atoms with Crippen LogP contribution in [0.4, 0.5) is 0 Å². The Labute approximate surface area is 254 Å². The number of pyridine rings is 2. The van der Waals surface area contributed by atoms with Gasteiger partial charge in [0.1, 0.15) is 0 Å². The second-order valence-corrected chi connectivity index (χ2v) is 12.7. The van der Waals surface area contributed by atoms with E-state index in [1.165, 1.54) is 3.97 Å². The lowest BCUT2D eigenvalue weighted by atomic mass is 9.99. The summed E-state index contributed by atoms with van der Waals surface area (Å²) in [7, 11) is -3.84. The minimum absolute atomic E-state index is 0.201. The minimum atomic E-state index is -3.84. The number of hydrogen-bond acceptors (Lipinski definition) is 7. The van der Waals surface area contributed by atoms with Gasteiger partial charge in [-0.3, -0.25) is 4.57 Å². The molecule has 0 unspecified atom stereocenters. The summed E-state index contributed by atoms with van der Waals surface area (Å²) >= 11 is 0. The average Bonchev–Trinajstić information content (AvgIpc) is 3.61. The fourth-order valence-corrected chi connectivity index (χ4v) is 7.18. The van der Waals surface area contributed by atoms with Gasteiger partial charge in [0.05, 0.1) is 48.6 Å².